The van der Waals surface area contributed by atoms with Crippen molar-refractivity contribution < 1.29 is 13.9 Å². The van der Waals surface area contributed by atoms with Crippen molar-refractivity contribution in [2.24, 2.45) is 5.92 Å². The number of carbonyl (C=O) groups is 1. The molecule has 2 atom stereocenters. The Hall–Kier alpha value is -2.51. The molecular weight excluding hydrogens is 334 g/mol. The number of hydrogen-bond donors (Lipinski definition) is 0. The molecule has 2 aliphatic rings. The summed E-state index contributed by atoms with van der Waals surface area (Å²) in [5.41, 5.74) is 0.169. The van der Waals surface area contributed by atoms with Crippen molar-refractivity contribution in [1.82, 2.24) is 25.1 Å². The normalized spacial score (nSPS) is 24.7. The molecule has 3 heterocycles. The highest BCUT2D eigenvalue weighted by molar-refractivity contribution is 5.96. The van der Waals surface area contributed by atoms with E-state index in [1.807, 2.05) is 11.8 Å². The van der Waals surface area contributed by atoms with Gasteiger partial charge in [0, 0.05) is 25.7 Å². The van der Waals surface area contributed by atoms with Crippen LogP contribution in [0.2, 0.25) is 0 Å². The Morgan fingerprint density at radius 3 is 3.04 bits per heavy atom. The van der Waals surface area contributed by atoms with Gasteiger partial charge >= 0.3 is 0 Å². The lowest BCUT2D eigenvalue weighted by molar-refractivity contribution is 0.0771. The maximum absolute atomic E-state index is 13.1. The Morgan fingerprint density at radius 1 is 1.46 bits per heavy atom. The van der Waals surface area contributed by atoms with Crippen molar-refractivity contribution in [2.45, 2.75) is 44.9 Å². The lowest BCUT2D eigenvalue weighted by atomic mass is 9.80. The van der Waals surface area contributed by atoms with E-state index in [1.165, 1.54) is 7.11 Å². The van der Waals surface area contributed by atoms with Crippen LogP contribution >= 0.6 is 0 Å². The molecule has 2 fully saturated rings. The van der Waals surface area contributed by atoms with Gasteiger partial charge in [-0.05, 0) is 25.7 Å². The van der Waals surface area contributed by atoms with Crippen LogP contribution in [-0.2, 0) is 11.8 Å². The van der Waals surface area contributed by atoms with Gasteiger partial charge in [0.25, 0.3) is 5.91 Å². The van der Waals surface area contributed by atoms with E-state index in [0.29, 0.717) is 54.5 Å². The number of methoxy groups -OCH3 is 1. The molecule has 0 radical (unpaired) electrons. The molecule has 1 amide bonds. The van der Waals surface area contributed by atoms with Gasteiger partial charge in [0.2, 0.25) is 17.7 Å². The lowest BCUT2D eigenvalue weighted by Gasteiger charge is -2.24. The van der Waals surface area contributed by atoms with Crippen molar-refractivity contribution in [3.8, 4) is 5.88 Å². The predicted molar refractivity (Wildman–Crippen MR) is 91.9 cm³/mol. The van der Waals surface area contributed by atoms with Crippen molar-refractivity contribution in [1.29, 1.82) is 0 Å². The summed E-state index contributed by atoms with van der Waals surface area (Å²) < 4.78 is 11.2. The molecular formula is C18H23N5O3. The molecule has 0 spiro atoms. The quantitative estimate of drug-likeness (QED) is 0.825. The first-order chi connectivity index (χ1) is 12.6. The Bertz CT molecular complexity index is 836. The molecule has 8 heteroatoms. The molecule has 1 saturated carbocycles. The summed E-state index contributed by atoms with van der Waals surface area (Å²) in [5.74, 6) is 2.46. The maximum atomic E-state index is 13.1. The third kappa shape index (κ3) is 2.55. The largest absolute Gasteiger partial charge is 0.480 e. The SMILES string of the molecule is CCc1nnc([C@]23CCC[C@H]2CN(C(=O)c2cnc(C)nc2OC)C3)o1. The number of amides is 1. The van der Waals surface area contributed by atoms with Crippen LogP contribution in [-0.4, -0.2) is 51.2 Å². The minimum atomic E-state index is -0.227. The molecule has 8 nitrogen and oxygen atoms in total. The summed E-state index contributed by atoms with van der Waals surface area (Å²) in [4.78, 5) is 23.3. The van der Waals surface area contributed by atoms with Crippen molar-refractivity contribution >= 4 is 5.91 Å². The fourth-order valence-corrected chi connectivity index (χ4v) is 4.31. The molecule has 0 aromatic carbocycles. The molecule has 1 aliphatic carbocycles. The van der Waals surface area contributed by atoms with Gasteiger partial charge in [0.05, 0.1) is 12.5 Å². The third-order valence-electron chi connectivity index (χ3n) is 5.65. The zero-order valence-electron chi connectivity index (χ0n) is 15.4. The monoisotopic (exact) mass is 357 g/mol. The van der Waals surface area contributed by atoms with Crippen LogP contribution in [0.3, 0.4) is 0 Å². The fraction of sp³-hybridized carbons (Fsp3) is 0.611. The van der Waals surface area contributed by atoms with Crippen LogP contribution in [0.5, 0.6) is 5.88 Å². The van der Waals surface area contributed by atoms with Crippen LogP contribution in [0.1, 0.15) is 54.2 Å². The first-order valence-corrected chi connectivity index (χ1v) is 9.07. The molecule has 1 aliphatic heterocycles. The molecule has 0 N–H and O–H groups in total. The van der Waals surface area contributed by atoms with Crippen molar-refractivity contribution in [3.05, 3.63) is 29.4 Å². The number of fused-ring (bicyclic) bond motifs is 1. The summed E-state index contributed by atoms with van der Waals surface area (Å²) in [6.07, 6.45) is 5.41. The van der Waals surface area contributed by atoms with Crippen LogP contribution in [0.15, 0.2) is 10.6 Å². The van der Waals surface area contributed by atoms with E-state index < -0.39 is 0 Å². The summed E-state index contributed by atoms with van der Waals surface area (Å²) in [7, 11) is 1.52. The van der Waals surface area contributed by atoms with Crippen molar-refractivity contribution in [3.63, 3.8) is 0 Å². The van der Waals surface area contributed by atoms with Crippen LogP contribution in [0.4, 0.5) is 0 Å². The Balaban J connectivity index is 1.63. The molecule has 26 heavy (non-hydrogen) atoms. The summed E-state index contributed by atoms with van der Waals surface area (Å²) >= 11 is 0. The summed E-state index contributed by atoms with van der Waals surface area (Å²) in [5, 5.41) is 8.45. The Morgan fingerprint density at radius 2 is 2.31 bits per heavy atom. The highest BCUT2D eigenvalue weighted by Gasteiger charge is 2.55. The van der Waals surface area contributed by atoms with Gasteiger partial charge < -0.3 is 14.1 Å². The van der Waals surface area contributed by atoms with Crippen LogP contribution in [0.25, 0.3) is 0 Å². The van der Waals surface area contributed by atoms with E-state index in [-0.39, 0.29) is 11.3 Å². The van der Waals surface area contributed by atoms with E-state index >= 15 is 0 Å². The van der Waals surface area contributed by atoms with Gasteiger partial charge in [-0.25, -0.2) is 4.98 Å². The molecule has 138 valence electrons. The van der Waals surface area contributed by atoms with Gasteiger partial charge in [-0.3, -0.25) is 4.79 Å². The minimum Gasteiger partial charge on any atom is -0.480 e. The van der Waals surface area contributed by atoms with E-state index in [4.69, 9.17) is 9.15 Å². The number of rotatable bonds is 4. The van der Waals surface area contributed by atoms with E-state index in [0.717, 1.165) is 19.3 Å². The number of aromatic nitrogens is 4. The predicted octanol–water partition coefficient (Wildman–Crippen LogP) is 1.93. The highest BCUT2D eigenvalue weighted by Crippen LogP contribution is 2.50. The molecule has 1 saturated heterocycles. The Labute approximate surface area is 152 Å². The zero-order chi connectivity index (χ0) is 18.3. The standard InChI is InChI=1S/C18H23N5O3/c1-4-14-21-22-17(26-14)18-7-5-6-12(18)9-23(10-18)16(24)13-8-19-11(2)20-15(13)25-3/h8,12H,4-7,9-10H2,1-3H3/t12-,18-/m0/s1. The Kier molecular flexibility index (Phi) is 4.13. The topological polar surface area (TPSA) is 94.2 Å². The van der Waals surface area contributed by atoms with E-state index in [2.05, 4.69) is 20.2 Å². The molecule has 0 bridgehead atoms. The van der Waals surface area contributed by atoms with E-state index in [9.17, 15) is 4.79 Å². The average Bonchev–Trinajstić information content (AvgIpc) is 3.34. The molecule has 2 aromatic rings. The van der Waals surface area contributed by atoms with Gasteiger partial charge in [0.15, 0.2) is 0 Å². The van der Waals surface area contributed by atoms with Gasteiger partial charge in [-0.15, -0.1) is 10.2 Å². The first kappa shape index (κ1) is 16.9. The number of carbonyl (C=O) groups excluding carboxylic acids is 1. The van der Waals surface area contributed by atoms with E-state index in [1.54, 1.807) is 13.1 Å². The second-order valence-corrected chi connectivity index (χ2v) is 7.13. The van der Waals surface area contributed by atoms with Crippen LogP contribution in [0, 0.1) is 12.8 Å². The number of nitrogens with zero attached hydrogens (tertiary/aromatic N) is 5. The van der Waals surface area contributed by atoms with Crippen molar-refractivity contribution in [2.75, 3.05) is 20.2 Å². The second-order valence-electron chi connectivity index (χ2n) is 7.13. The number of hydrogen-bond acceptors (Lipinski definition) is 7. The number of likely N-dealkylation sites (tertiary alicyclic amines) is 1. The minimum absolute atomic E-state index is 0.106. The van der Waals surface area contributed by atoms with Gasteiger partial charge in [0.1, 0.15) is 11.4 Å². The number of aryl methyl sites for hydroxylation is 2. The highest BCUT2D eigenvalue weighted by atomic mass is 16.5. The van der Waals surface area contributed by atoms with Crippen LogP contribution < -0.4 is 4.74 Å². The third-order valence-corrected chi connectivity index (χ3v) is 5.65. The second kappa shape index (κ2) is 6.34. The smallest absolute Gasteiger partial charge is 0.260 e. The number of ether oxygens (including phenoxy) is 1. The van der Waals surface area contributed by atoms with Gasteiger partial charge in [-0.2, -0.15) is 4.98 Å². The zero-order valence-corrected chi connectivity index (χ0v) is 15.4. The fourth-order valence-electron chi connectivity index (χ4n) is 4.31. The average molecular weight is 357 g/mol. The summed E-state index contributed by atoms with van der Waals surface area (Å²) in [6.45, 7) is 5.03. The molecule has 0 unspecified atom stereocenters. The van der Waals surface area contributed by atoms with Gasteiger partial charge in [-0.1, -0.05) is 13.3 Å². The first-order valence-electron chi connectivity index (χ1n) is 9.07. The lowest BCUT2D eigenvalue weighted by Crippen LogP contribution is -2.35. The molecule has 2 aromatic heterocycles. The molecule has 4 rings (SSSR count). The summed E-state index contributed by atoms with van der Waals surface area (Å²) in [6, 6.07) is 0. The maximum Gasteiger partial charge on any atom is 0.260 e.